The summed E-state index contributed by atoms with van der Waals surface area (Å²) < 4.78 is 26.3. The Labute approximate surface area is 125 Å². The van der Waals surface area contributed by atoms with Crippen molar-refractivity contribution < 1.29 is 8.42 Å². The van der Waals surface area contributed by atoms with Crippen LogP contribution in [-0.2, 0) is 15.8 Å². The maximum atomic E-state index is 11.8. The van der Waals surface area contributed by atoms with E-state index >= 15 is 0 Å². The van der Waals surface area contributed by atoms with Crippen molar-refractivity contribution in [2.75, 3.05) is 6.54 Å². The van der Waals surface area contributed by atoms with Gasteiger partial charge in [-0.1, -0.05) is 55.5 Å². The first-order chi connectivity index (χ1) is 8.94. The predicted octanol–water partition coefficient (Wildman–Crippen LogP) is 3.99. The van der Waals surface area contributed by atoms with Crippen molar-refractivity contribution >= 4 is 33.2 Å². The zero-order valence-corrected chi connectivity index (χ0v) is 13.3. The van der Waals surface area contributed by atoms with Gasteiger partial charge in [-0.3, -0.25) is 0 Å². The number of unbranched alkanes of at least 4 members (excludes halogenated alkanes) is 3. The lowest BCUT2D eigenvalue weighted by molar-refractivity contribution is 0.573. The molecule has 0 spiro atoms. The maximum Gasteiger partial charge on any atom is 0.215 e. The van der Waals surface area contributed by atoms with Gasteiger partial charge in [-0.2, -0.15) is 0 Å². The molecular formula is C13H19Cl2NO2S. The fraction of sp³-hybridized carbons (Fsp3) is 0.538. The van der Waals surface area contributed by atoms with Crippen LogP contribution < -0.4 is 4.72 Å². The zero-order chi connectivity index (χ0) is 14.3. The molecule has 0 aromatic heterocycles. The molecule has 0 bridgehead atoms. The molecule has 0 aliphatic heterocycles. The first-order valence-electron chi connectivity index (χ1n) is 6.36. The van der Waals surface area contributed by atoms with Crippen LogP contribution in [0.25, 0.3) is 0 Å². The maximum absolute atomic E-state index is 11.8. The molecule has 0 radical (unpaired) electrons. The monoisotopic (exact) mass is 323 g/mol. The molecule has 1 rings (SSSR count). The highest BCUT2D eigenvalue weighted by molar-refractivity contribution is 7.88. The van der Waals surface area contributed by atoms with Gasteiger partial charge in [0, 0.05) is 6.54 Å². The molecule has 0 fully saturated rings. The van der Waals surface area contributed by atoms with Crippen LogP contribution in [0.1, 0.15) is 38.2 Å². The lowest BCUT2D eigenvalue weighted by Gasteiger charge is -2.07. The van der Waals surface area contributed by atoms with Gasteiger partial charge in [0.25, 0.3) is 0 Å². The zero-order valence-electron chi connectivity index (χ0n) is 11.0. The van der Waals surface area contributed by atoms with Gasteiger partial charge in [0.2, 0.25) is 10.0 Å². The minimum atomic E-state index is -3.30. The number of rotatable bonds is 8. The van der Waals surface area contributed by atoms with Crippen molar-refractivity contribution in [3.8, 4) is 0 Å². The SMILES string of the molecule is CCCCCCNS(=O)(=O)Cc1ccc(Cl)c(Cl)c1. The molecule has 0 aliphatic rings. The normalized spacial score (nSPS) is 11.7. The van der Waals surface area contributed by atoms with Crippen molar-refractivity contribution in [3.05, 3.63) is 33.8 Å². The average molecular weight is 324 g/mol. The lowest BCUT2D eigenvalue weighted by Crippen LogP contribution is -2.26. The van der Waals surface area contributed by atoms with Gasteiger partial charge in [-0.25, -0.2) is 13.1 Å². The Balaban J connectivity index is 2.47. The highest BCUT2D eigenvalue weighted by Gasteiger charge is 2.11. The second-order valence-corrected chi connectivity index (χ2v) is 7.08. The summed E-state index contributed by atoms with van der Waals surface area (Å²) in [6, 6.07) is 4.86. The van der Waals surface area contributed by atoms with Crippen molar-refractivity contribution in [1.29, 1.82) is 0 Å². The van der Waals surface area contributed by atoms with E-state index in [0.717, 1.165) is 25.7 Å². The minimum Gasteiger partial charge on any atom is -0.215 e. The van der Waals surface area contributed by atoms with E-state index < -0.39 is 10.0 Å². The molecule has 0 unspecified atom stereocenters. The lowest BCUT2D eigenvalue weighted by atomic mass is 10.2. The molecule has 6 heteroatoms. The summed E-state index contributed by atoms with van der Waals surface area (Å²) in [5.41, 5.74) is 0.635. The highest BCUT2D eigenvalue weighted by Crippen LogP contribution is 2.23. The Hall–Kier alpha value is -0.290. The second-order valence-electron chi connectivity index (χ2n) is 4.46. The molecule has 0 atom stereocenters. The van der Waals surface area contributed by atoms with E-state index in [2.05, 4.69) is 11.6 Å². The fourth-order valence-electron chi connectivity index (χ4n) is 1.68. The van der Waals surface area contributed by atoms with E-state index in [-0.39, 0.29) is 5.75 Å². The summed E-state index contributed by atoms with van der Waals surface area (Å²) in [5, 5.41) is 0.799. The first kappa shape index (κ1) is 16.8. The summed E-state index contributed by atoms with van der Waals surface area (Å²) in [4.78, 5) is 0. The molecule has 0 amide bonds. The van der Waals surface area contributed by atoms with E-state index in [4.69, 9.17) is 23.2 Å². The van der Waals surface area contributed by atoms with Crippen molar-refractivity contribution in [1.82, 2.24) is 4.72 Å². The van der Waals surface area contributed by atoms with Crippen LogP contribution in [0.4, 0.5) is 0 Å². The molecule has 1 aromatic rings. The molecular weight excluding hydrogens is 305 g/mol. The summed E-state index contributed by atoms with van der Waals surface area (Å²) in [7, 11) is -3.30. The third-order valence-corrected chi connectivity index (χ3v) is 4.79. The third kappa shape index (κ3) is 6.61. The Morgan fingerprint density at radius 2 is 1.84 bits per heavy atom. The molecule has 0 saturated carbocycles. The molecule has 0 saturated heterocycles. The van der Waals surface area contributed by atoms with Crippen LogP contribution in [-0.4, -0.2) is 15.0 Å². The summed E-state index contributed by atoms with van der Waals surface area (Å²) in [6.45, 7) is 2.61. The van der Waals surface area contributed by atoms with Crippen LogP contribution in [0.2, 0.25) is 10.0 Å². The van der Waals surface area contributed by atoms with Gasteiger partial charge >= 0.3 is 0 Å². The highest BCUT2D eigenvalue weighted by atomic mass is 35.5. The van der Waals surface area contributed by atoms with Crippen molar-refractivity contribution in [2.24, 2.45) is 0 Å². The quantitative estimate of drug-likeness (QED) is 0.735. The molecule has 1 N–H and O–H groups in total. The van der Waals surface area contributed by atoms with Crippen LogP contribution in [0.15, 0.2) is 18.2 Å². The first-order valence-corrected chi connectivity index (χ1v) is 8.76. The second kappa shape index (κ2) is 8.10. The van der Waals surface area contributed by atoms with E-state index in [1.54, 1.807) is 18.2 Å². The van der Waals surface area contributed by atoms with E-state index in [9.17, 15) is 8.42 Å². The van der Waals surface area contributed by atoms with Gasteiger partial charge in [-0.05, 0) is 24.1 Å². The Bertz CT molecular complexity index is 503. The number of sulfonamides is 1. The van der Waals surface area contributed by atoms with Crippen LogP contribution in [0.5, 0.6) is 0 Å². The van der Waals surface area contributed by atoms with E-state index in [1.807, 2.05) is 0 Å². The number of nitrogens with one attached hydrogen (secondary N) is 1. The molecule has 1 aromatic carbocycles. The average Bonchev–Trinajstić information content (AvgIpc) is 2.33. The topological polar surface area (TPSA) is 46.2 Å². The predicted molar refractivity (Wildman–Crippen MR) is 81.2 cm³/mol. The van der Waals surface area contributed by atoms with E-state index in [0.29, 0.717) is 22.2 Å². The largest absolute Gasteiger partial charge is 0.215 e. The molecule has 3 nitrogen and oxygen atoms in total. The Kier molecular flexibility index (Phi) is 7.15. The Morgan fingerprint density at radius 1 is 1.11 bits per heavy atom. The van der Waals surface area contributed by atoms with Crippen molar-refractivity contribution in [3.63, 3.8) is 0 Å². The summed E-state index contributed by atoms with van der Waals surface area (Å²) in [6.07, 6.45) is 4.19. The van der Waals surface area contributed by atoms with E-state index in [1.165, 1.54) is 0 Å². The van der Waals surface area contributed by atoms with Crippen LogP contribution in [0, 0.1) is 0 Å². The van der Waals surface area contributed by atoms with Crippen molar-refractivity contribution in [2.45, 2.75) is 38.4 Å². The standard InChI is InChI=1S/C13H19Cl2NO2S/c1-2-3-4-5-8-16-19(17,18)10-11-6-7-12(14)13(15)9-11/h6-7,9,16H,2-5,8,10H2,1H3. The smallest absolute Gasteiger partial charge is 0.215 e. The molecule has 19 heavy (non-hydrogen) atoms. The van der Waals surface area contributed by atoms with Gasteiger partial charge < -0.3 is 0 Å². The third-order valence-electron chi connectivity index (χ3n) is 2.69. The number of hydrogen-bond acceptors (Lipinski definition) is 2. The molecule has 0 aliphatic carbocycles. The summed E-state index contributed by atoms with van der Waals surface area (Å²) >= 11 is 11.6. The fourth-order valence-corrected chi connectivity index (χ4v) is 3.18. The summed E-state index contributed by atoms with van der Waals surface area (Å²) in [5.74, 6) is -0.0718. The molecule has 0 heterocycles. The van der Waals surface area contributed by atoms with Gasteiger partial charge in [0.15, 0.2) is 0 Å². The van der Waals surface area contributed by atoms with Gasteiger partial charge in [0.1, 0.15) is 0 Å². The minimum absolute atomic E-state index is 0.0718. The van der Waals surface area contributed by atoms with Crippen LogP contribution >= 0.6 is 23.2 Å². The number of hydrogen-bond donors (Lipinski definition) is 1. The van der Waals surface area contributed by atoms with Gasteiger partial charge in [-0.15, -0.1) is 0 Å². The van der Waals surface area contributed by atoms with Crippen LogP contribution in [0.3, 0.4) is 0 Å². The number of benzene rings is 1. The van der Waals surface area contributed by atoms with Gasteiger partial charge in [0.05, 0.1) is 15.8 Å². The number of halogens is 2. The Morgan fingerprint density at radius 3 is 2.47 bits per heavy atom. The molecule has 108 valence electrons.